The maximum atomic E-state index is 12.2. The molecule has 3 atom stereocenters. The Morgan fingerprint density at radius 3 is 2.31 bits per heavy atom. The van der Waals surface area contributed by atoms with Crippen LogP contribution in [0.4, 0.5) is 0 Å². The molecule has 0 aromatic heterocycles. The summed E-state index contributed by atoms with van der Waals surface area (Å²) in [5.41, 5.74) is 1.11. The third-order valence-corrected chi connectivity index (χ3v) is 4.57. The van der Waals surface area contributed by atoms with E-state index in [9.17, 15) is 24.9 Å². The number of halogens is 1. The van der Waals surface area contributed by atoms with Crippen molar-refractivity contribution >= 4 is 11.0 Å². The van der Waals surface area contributed by atoms with E-state index in [0.29, 0.717) is 11.0 Å². The molecule has 0 fully saturated rings. The van der Waals surface area contributed by atoms with Gasteiger partial charge >= 0.3 is 35.2 Å². The summed E-state index contributed by atoms with van der Waals surface area (Å²) in [5, 5.41) is 38.8. The number of aliphatic hydroxyl groups is 4. The van der Waals surface area contributed by atoms with Gasteiger partial charge in [-0.15, -0.1) is 0 Å². The van der Waals surface area contributed by atoms with Gasteiger partial charge in [-0.1, -0.05) is 0 Å². The Kier molecular flexibility index (Phi) is 8.93. The zero-order valence-corrected chi connectivity index (χ0v) is 18.9. The van der Waals surface area contributed by atoms with Crippen LogP contribution in [0, 0.1) is 13.8 Å². The van der Waals surface area contributed by atoms with E-state index in [4.69, 9.17) is 5.11 Å². The number of fused-ring (bicyclic) bond motifs is 2. The van der Waals surface area contributed by atoms with Crippen LogP contribution < -0.4 is 53.2 Å². The third kappa shape index (κ3) is 5.04. The first kappa shape index (κ1) is 25.7. The van der Waals surface area contributed by atoms with Crippen LogP contribution in [-0.4, -0.2) is 64.9 Å². The molecule has 0 aliphatic carbocycles. The molecular weight excluding hydrogens is 415 g/mol. The molecule has 0 spiro atoms. The number of aliphatic hydroxyl groups excluding tert-OH is 4. The molecule has 3 rings (SSSR count). The summed E-state index contributed by atoms with van der Waals surface area (Å²) < 4.78 is 1.40. The molecule has 0 radical (unpaired) electrons. The van der Waals surface area contributed by atoms with Crippen molar-refractivity contribution in [3.05, 3.63) is 44.1 Å². The van der Waals surface area contributed by atoms with Crippen LogP contribution in [0.25, 0.3) is 22.6 Å². The van der Waals surface area contributed by atoms with Gasteiger partial charge in [-0.3, -0.25) is 9.78 Å². The Morgan fingerprint density at radius 1 is 1.07 bits per heavy atom. The molecule has 0 bridgehead atoms. The Bertz CT molecular complexity index is 1090. The van der Waals surface area contributed by atoms with Gasteiger partial charge in [-0.25, -0.2) is 9.78 Å². The zero-order valence-electron chi connectivity index (χ0n) is 16.1. The minimum atomic E-state index is -1.64. The summed E-state index contributed by atoms with van der Waals surface area (Å²) in [5.74, 6) is -0.0516. The minimum absolute atomic E-state index is 0. The molecule has 152 valence electrons. The van der Waals surface area contributed by atoms with Crippen LogP contribution >= 0.6 is 0 Å². The molecule has 2 heterocycles. The third-order valence-electron chi connectivity index (χ3n) is 4.57. The van der Waals surface area contributed by atoms with Gasteiger partial charge in [-0.2, -0.15) is 4.98 Å². The number of nitrogens with one attached hydrogen (secondary N) is 1. The van der Waals surface area contributed by atoms with E-state index in [0.717, 1.165) is 11.1 Å². The van der Waals surface area contributed by atoms with Crippen molar-refractivity contribution in [3.8, 4) is 11.5 Å². The van der Waals surface area contributed by atoms with Crippen LogP contribution in [0.15, 0.2) is 21.7 Å². The fourth-order valence-corrected chi connectivity index (χ4v) is 2.89. The maximum Gasteiger partial charge on any atom is 1.00 e. The zero-order chi connectivity index (χ0) is 19.9. The van der Waals surface area contributed by atoms with E-state index in [2.05, 4.69) is 15.0 Å². The first-order chi connectivity index (χ1) is 12.7. The van der Waals surface area contributed by atoms with Crippen LogP contribution in [0.1, 0.15) is 11.1 Å². The SMILES string of the molecule is Cc1cc2nc3c(=O)[nH]c(=O)nc-3n(C[C@@H](O)[C@@H](O)[C@@H](O)CO)c2cc1C.[Cl-].[Na+]. The molecule has 1 aromatic carbocycles. The normalized spacial score (nSPS) is 14.1. The van der Waals surface area contributed by atoms with Gasteiger partial charge in [0.2, 0.25) is 0 Å². The number of rotatable bonds is 5. The van der Waals surface area contributed by atoms with Crippen LogP contribution in [0.2, 0.25) is 0 Å². The second-order valence-corrected chi connectivity index (χ2v) is 6.50. The van der Waals surface area contributed by atoms with Crippen LogP contribution in [0.5, 0.6) is 0 Å². The fraction of sp³-hybridized carbons (Fsp3) is 0.412. The number of hydrogen-bond donors (Lipinski definition) is 5. The van der Waals surface area contributed by atoms with Gasteiger partial charge in [0.05, 0.1) is 24.2 Å². The average Bonchev–Trinajstić information content (AvgIpc) is 2.62. The Balaban J connectivity index is 0.00000210. The first-order valence-corrected chi connectivity index (χ1v) is 8.29. The number of hydrogen-bond acceptors (Lipinski definition) is 8. The van der Waals surface area contributed by atoms with Crippen molar-refractivity contribution in [3.63, 3.8) is 0 Å². The summed E-state index contributed by atoms with van der Waals surface area (Å²) in [4.78, 5) is 34.0. The predicted molar refractivity (Wildman–Crippen MR) is 95.6 cm³/mol. The molecule has 2 aliphatic rings. The number of aryl methyl sites for hydroxylation is 2. The van der Waals surface area contributed by atoms with Gasteiger partial charge in [-0.05, 0) is 37.1 Å². The van der Waals surface area contributed by atoms with Gasteiger partial charge in [0.15, 0.2) is 11.5 Å². The van der Waals surface area contributed by atoms with E-state index in [1.807, 2.05) is 13.8 Å². The molecule has 1 aromatic rings. The van der Waals surface area contributed by atoms with Crippen molar-refractivity contribution in [2.24, 2.45) is 0 Å². The molecule has 0 saturated carbocycles. The topological polar surface area (TPSA) is 162 Å². The molecule has 0 unspecified atom stereocenters. The second kappa shape index (κ2) is 10.1. The summed E-state index contributed by atoms with van der Waals surface area (Å²) >= 11 is 0. The molecule has 29 heavy (non-hydrogen) atoms. The molecular formula is C17H20ClN4NaO6. The summed E-state index contributed by atoms with van der Waals surface area (Å²) in [7, 11) is 0. The summed E-state index contributed by atoms with van der Waals surface area (Å²) in [6, 6.07) is 3.53. The van der Waals surface area contributed by atoms with Crippen molar-refractivity contribution < 1.29 is 62.4 Å². The van der Waals surface area contributed by atoms with Crippen molar-refractivity contribution in [1.29, 1.82) is 0 Å². The quantitative estimate of drug-likeness (QED) is 0.195. The standard InChI is InChI=1S/C17H20N4O6.ClH.Na/c1-7-3-9-10(4-8(7)2)21(5-11(23)14(25)12(24)6-22)15-13(18-9)16(26)20-17(27)19-15;;/h3-4,11-12,14,22-25H,5-6H2,1-2H3,(H,20,26,27);1H;/q;;+1/p-1/t11-,12+,14-;;/m1../s1. The van der Waals surface area contributed by atoms with Crippen molar-refractivity contribution in [1.82, 2.24) is 19.5 Å². The Morgan fingerprint density at radius 2 is 1.69 bits per heavy atom. The van der Waals surface area contributed by atoms with Crippen molar-refractivity contribution in [2.75, 3.05) is 6.61 Å². The molecule has 5 N–H and O–H groups in total. The predicted octanol–water partition coefficient (Wildman–Crippen LogP) is -7.72. The number of H-pyrrole nitrogens is 1. The maximum absolute atomic E-state index is 12.2. The van der Waals surface area contributed by atoms with E-state index < -0.39 is 36.2 Å². The van der Waals surface area contributed by atoms with Gasteiger partial charge in [0.1, 0.15) is 18.3 Å². The van der Waals surface area contributed by atoms with Gasteiger partial charge in [0.25, 0.3) is 5.56 Å². The summed E-state index contributed by atoms with van der Waals surface area (Å²) in [6.45, 7) is 2.73. The van der Waals surface area contributed by atoms with Crippen molar-refractivity contribution in [2.45, 2.75) is 38.7 Å². The number of nitrogens with zero attached hydrogens (tertiary/aromatic N) is 3. The number of benzene rings is 1. The van der Waals surface area contributed by atoms with Crippen LogP contribution in [0.3, 0.4) is 0 Å². The summed E-state index contributed by atoms with van der Waals surface area (Å²) in [6.07, 6.45) is -4.68. The fourth-order valence-electron chi connectivity index (χ4n) is 2.89. The van der Waals surface area contributed by atoms with E-state index in [1.54, 1.807) is 12.1 Å². The smallest absolute Gasteiger partial charge is 1.00 e. The monoisotopic (exact) mass is 434 g/mol. The largest absolute Gasteiger partial charge is 1.00 e. The Labute approximate surface area is 193 Å². The number of aromatic amines is 1. The van der Waals surface area contributed by atoms with E-state index >= 15 is 0 Å². The molecule has 0 saturated heterocycles. The van der Waals surface area contributed by atoms with Gasteiger partial charge in [0, 0.05) is 0 Å². The number of aromatic nitrogens is 4. The minimum Gasteiger partial charge on any atom is -1.00 e. The van der Waals surface area contributed by atoms with Gasteiger partial charge < -0.3 is 37.4 Å². The average molecular weight is 435 g/mol. The molecule has 10 nitrogen and oxygen atoms in total. The van der Waals surface area contributed by atoms with E-state index in [1.165, 1.54) is 4.57 Å². The Hall–Kier alpha value is -1.37. The molecule has 12 heteroatoms. The molecule has 2 aliphatic heterocycles. The molecule has 0 amide bonds. The van der Waals surface area contributed by atoms with E-state index in [-0.39, 0.29) is 60.0 Å². The first-order valence-electron chi connectivity index (χ1n) is 8.29. The van der Waals surface area contributed by atoms with Crippen LogP contribution in [-0.2, 0) is 6.54 Å². The second-order valence-electron chi connectivity index (χ2n) is 6.50.